The summed E-state index contributed by atoms with van der Waals surface area (Å²) in [5.41, 5.74) is 0.408. The van der Waals surface area contributed by atoms with Crippen LogP contribution in [0.4, 0.5) is 0 Å². The number of halogens is 1. The molecule has 5 atom stereocenters. The lowest BCUT2D eigenvalue weighted by molar-refractivity contribution is -0.199. The molecule has 1 heterocycles. The Labute approximate surface area is 131 Å². The van der Waals surface area contributed by atoms with Crippen molar-refractivity contribution in [1.82, 2.24) is 0 Å². The summed E-state index contributed by atoms with van der Waals surface area (Å²) >= 11 is 2.52. The van der Waals surface area contributed by atoms with Gasteiger partial charge < -0.3 is 9.31 Å². The smallest absolute Gasteiger partial charge is 0.405 e. The Morgan fingerprint density at radius 2 is 1.95 bits per heavy atom. The molecule has 4 rings (SSSR count). The highest BCUT2D eigenvalue weighted by molar-refractivity contribution is 14.1. The molecule has 4 fully saturated rings. The molecule has 0 radical (unpaired) electrons. The van der Waals surface area contributed by atoms with E-state index in [1.165, 1.54) is 19.3 Å². The van der Waals surface area contributed by atoms with Gasteiger partial charge in [0.05, 0.1) is 11.7 Å². The summed E-state index contributed by atoms with van der Waals surface area (Å²) in [6.45, 7) is 11.7. The van der Waals surface area contributed by atoms with Crippen LogP contribution in [0.3, 0.4) is 0 Å². The third-order valence-electron chi connectivity index (χ3n) is 5.96. The maximum atomic E-state index is 6.47. The van der Waals surface area contributed by atoms with Crippen LogP contribution in [0.1, 0.15) is 53.9 Å². The summed E-state index contributed by atoms with van der Waals surface area (Å²) < 4.78 is 13.2. The highest BCUT2D eigenvalue weighted by Gasteiger charge is 2.68. The van der Waals surface area contributed by atoms with Gasteiger partial charge in [0.1, 0.15) is 0 Å². The highest BCUT2D eigenvalue weighted by Crippen LogP contribution is 2.65. The first-order valence-corrected chi connectivity index (χ1v) is 8.97. The Kier molecular flexibility index (Phi) is 3.55. The highest BCUT2D eigenvalue weighted by atomic mass is 127. The Bertz CT molecular complexity index is 373. The SMILES string of the molecule is CC(C)C[C@@H](I)B1O[C@@H]2C[C@@H]3C[C@@H](C3(C)C)[C@]2(C)O1. The molecule has 3 saturated carbocycles. The third kappa shape index (κ3) is 2.12. The van der Waals surface area contributed by atoms with Gasteiger partial charge in [-0.25, -0.2) is 0 Å². The number of rotatable bonds is 3. The topological polar surface area (TPSA) is 18.5 Å². The van der Waals surface area contributed by atoms with Crippen molar-refractivity contribution in [2.45, 2.75) is 69.4 Å². The van der Waals surface area contributed by atoms with Gasteiger partial charge in [-0.15, -0.1) is 0 Å². The van der Waals surface area contributed by atoms with Crippen LogP contribution in [0, 0.1) is 23.2 Å². The van der Waals surface area contributed by atoms with Crippen LogP contribution in [0.25, 0.3) is 0 Å². The van der Waals surface area contributed by atoms with Crippen LogP contribution >= 0.6 is 22.6 Å². The van der Waals surface area contributed by atoms with E-state index in [2.05, 4.69) is 57.2 Å². The van der Waals surface area contributed by atoms with E-state index in [4.69, 9.17) is 9.31 Å². The molecule has 1 saturated heterocycles. The van der Waals surface area contributed by atoms with Crippen molar-refractivity contribution < 1.29 is 9.31 Å². The maximum absolute atomic E-state index is 6.47. The zero-order valence-electron chi connectivity index (χ0n) is 12.8. The lowest BCUT2D eigenvalue weighted by atomic mass is 9.43. The quantitative estimate of drug-likeness (QED) is 0.420. The van der Waals surface area contributed by atoms with Gasteiger partial charge in [0.2, 0.25) is 0 Å². The first-order chi connectivity index (χ1) is 8.75. The summed E-state index contributed by atoms with van der Waals surface area (Å²) in [5.74, 6) is 2.22. The van der Waals surface area contributed by atoms with Crippen molar-refractivity contribution in [3.05, 3.63) is 0 Å². The van der Waals surface area contributed by atoms with Crippen LogP contribution in [0.2, 0.25) is 0 Å². The lowest BCUT2D eigenvalue weighted by Gasteiger charge is -2.64. The molecular formula is C15H26BIO2. The van der Waals surface area contributed by atoms with Gasteiger partial charge in [0, 0.05) is 3.82 Å². The zero-order valence-corrected chi connectivity index (χ0v) is 14.9. The fourth-order valence-electron chi connectivity index (χ4n) is 4.61. The monoisotopic (exact) mass is 376 g/mol. The molecule has 0 spiro atoms. The molecule has 4 aliphatic rings. The van der Waals surface area contributed by atoms with E-state index in [1.807, 2.05) is 0 Å². The summed E-state index contributed by atoms with van der Waals surface area (Å²) in [6, 6.07) is 0. The molecule has 0 aromatic rings. The van der Waals surface area contributed by atoms with Crippen molar-refractivity contribution in [2.24, 2.45) is 23.2 Å². The first-order valence-electron chi connectivity index (χ1n) is 7.72. The van der Waals surface area contributed by atoms with Crippen LogP contribution < -0.4 is 0 Å². The van der Waals surface area contributed by atoms with E-state index in [0.717, 1.165) is 5.92 Å². The van der Waals surface area contributed by atoms with E-state index in [1.54, 1.807) is 0 Å². The van der Waals surface area contributed by atoms with E-state index in [-0.39, 0.29) is 12.7 Å². The predicted molar refractivity (Wildman–Crippen MR) is 87.4 cm³/mol. The van der Waals surface area contributed by atoms with Gasteiger partial charge in [0.25, 0.3) is 0 Å². The zero-order chi connectivity index (χ0) is 14.0. The van der Waals surface area contributed by atoms with Gasteiger partial charge in [-0.05, 0) is 49.4 Å². The number of hydrogen-bond acceptors (Lipinski definition) is 2. The van der Waals surface area contributed by atoms with Crippen molar-refractivity contribution >= 4 is 29.7 Å². The largest absolute Gasteiger partial charge is 0.471 e. The molecule has 4 heteroatoms. The van der Waals surface area contributed by atoms with Crippen molar-refractivity contribution in [1.29, 1.82) is 0 Å². The molecule has 0 N–H and O–H groups in total. The van der Waals surface area contributed by atoms with E-state index in [0.29, 0.717) is 27.2 Å². The van der Waals surface area contributed by atoms with Gasteiger partial charge in [-0.3, -0.25) is 0 Å². The van der Waals surface area contributed by atoms with Crippen LogP contribution in [0.5, 0.6) is 0 Å². The van der Waals surface area contributed by atoms with Gasteiger partial charge in [-0.2, -0.15) is 0 Å². The molecule has 0 unspecified atom stereocenters. The Hall–Kier alpha value is 0.715. The van der Waals surface area contributed by atoms with Crippen LogP contribution in [0.15, 0.2) is 0 Å². The van der Waals surface area contributed by atoms with E-state index in [9.17, 15) is 0 Å². The molecule has 0 amide bonds. The molecule has 108 valence electrons. The lowest BCUT2D eigenvalue weighted by Crippen LogP contribution is -2.65. The van der Waals surface area contributed by atoms with Crippen molar-refractivity contribution in [2.75, 3.05) is 0 Å². The fraction of sp³-hybridized carbons (Fsp3) is 1.00. The molecule has 3 aliphatic carbocycles. The van der Waals surface area contributed by atoms with Gasteiger partial charge >= 0.3 is 7.12 Å². The molecule has 2 nitrogen and oxygen atoms in total. The second-order valence-corrected chi connectivity index (χ2v) is 9.58. The van der Waals surface area contributed by atoms with Crippen LogP contribution in [-0.2, 0) is 9.31 Å². The Morgan fingerprint density at radius 3 is 2.53 bits per heavy atom. The first kappa shape index (κ1) is 14.6. The van der Waals surface area contributed by atoms with Gasteiger partial charge in [0.15, 0.2) is 0 Å². The summed E-state index contributed by atoms with van der Waals surface area (Å²) in [7, 11) is 0.00755. The van der Waals surface area contributed by atoms with Crippen molar-refractivity contribution in [3.63, 3.8) is 0 Å². The summed E-state index contributed by atoms with van der Waals surface area (Å²) in [4.78, 5) is 0. The molecular weight excluding hydrogens is 350 g/mol. The number of alkyl halides is 1. The second-order valence-electron chi connectivity index (χ2n) is 7.98. The predicted octanol–water partition coefficient (Wildman–Crippen LogP) is 4.10. The molecule has 1 aliphatic heterocycles. The summed E-state index contributed by atoms with van der Waals surface area (Å²) in [6.07, 6.45) is 4.04. The fourth-order valence-corrected chi connectivity index (χ4v) is 5.95. The maximum Gasteiger partial charge on any atom is 0.471 e. The standard InChI is InChI=1S/C15H26BIO2/c1-9(2)6-13(17)16-18-12-8-10-7-11(14(10,3)4)15(12,5)19-16/h9-13H,6-8H2,1-5H3/t10-,11-,12+,13+,15-/m0/s1. The minimum absolute atomic E-state index is 0.00755. The minimum atomic E-state index is -0.0384. The normalized spacial score (nSPS) is 45.0. The number of hydrogen-bond donors (Lipinski definition) is 0. The average Bonchev–Trinajstić information content (AvgIpc) is 2.64. The second kappa shape index (κ2) is 4.60. The van der Waals surface area contributed by atoms with E-state index >= 15 is 0 Å². The molecule has 0 aromatic heterocycles. The van der Waals surface area contributed by atoms with Gasteiger partial charge in [-0.1, -0.05) is 50.3 Å². The molecule has 0 aromatic carbocycles. The van der Waals surface area contributed by atoms with Crippen LogP contribution in [-0.4, -0.2) is 22.6 Å². The van der Waals surface area contributed by atoms with E-state index < -0.39 is 0 Å². The molecule has 19 heavy (non-hydrogen) atoms. The minimum Gasteiger partial charge on any atom is -0.405 e. The molecule has 2 bridgehead atoms. The summed E-state index contributed by atoms with van der Waals surface area (Å²) in [5, 5.41) is 0. The third-order valence-corrected chi connectivity index (χ3v) is 7.06. The van der Waals surface area contributed by atoms with Crippen molar-refractivity contribution in [3.8, 4) is 0 Å². The Morgan fingerprint density at radius 1 is 1.26 bits per heavy atom. The average molecular weight is 376 g/mol. The Balaban J connectivity index is 1.74.